The van der Waals surface area contributed by atoms with E-state index < -0.39 is 0 Å². The third kappa shape index (κ3) is 4.05. The van der Waals surface area contributed by atoms with Gasteiger partial charge in [0.25, 0.3) is 5.91 Å². The average molecular weight is 384 g/mol. The molecule has 8 heteroatoms. The molecule has 0 spiro atoms. The quantitative estimate of drug-likeness (QED) is 0.807. The Bertz CT molecular complexity index is 904. The summed E-state index contributed by atoms with van der Waals surface area (Å²) in [6.07, 6.45) is 0.527. The van der Waals surface area contributed by atoms with Crippen molar-refractivity contribution in [3.05, 3.63) is 41.1 Å². The molecule has 2 N–H and O–H groups in total. The number of aromatic nitrogens is 2. The molecule has 0 saturated carbocycles. The Kier molecular flexibility index (Phi) is 5.22. The van der Waals surface area contributed by atoms with Crippen molar-refractivity contribution in [3.8, 4) is 6.01 Å². The van der Waals surface area contributed by atoms with Crippen molar-refractivity contribution in [1.29, 1.82) is 0 Å². The van der Waals surface area contributed by atoms with Crippen LogP contribution in [0.15, 0.2) is 24.3 Å². The summed E-state index contributed by atoms with van der Waals surface area (Å²) < 4.78 is 10.3. The van der Waals surface area contributed by atoms with Gasteiger partial charge >= 0.3 is 12.0 Å². The van der Waals surface area contributed by atoms with Gasteiger partial charge in [-0.15, -0.1) is 0 Å². The Morgan fingerprint density at radius 3 is 2.50 bits per heavy atom. The SMILES string of the molecule is COc1nc(N)c2c(n1)CCN(c1ccc(C(=O)OCC(C)(C)C)cc1)C2=O. The lowest BCUT2D eigenvalue weighted by atomic mass is 9.99. The van der Waals surface area contributed by atoms with Gasteiger partial charge in [0.05, 0.1) is 25.0 Å². The number of benzene rings is 1. The molecule has 0 saturated heterocycles. The molecule has 1 aromatic carbocycles. The molecule has 0 bridgehead atoms. The number of rotatable bonds is 4. The van der Waals surface area contributed by atoms with Gasteiger partial charge in [-0.1, -0.05) is 20.8 Å². The van der Waals surface area contributed by atoms with Crippen LogP contribution in [0.2, 0.25) is 0 Å². The fraction of sp³-hybridized carbons (Fsp3) is 0.400. The summed E-state index contributed by atoms with van der Waals surface area (Å²) in [5.74, 6) is -0.565. The van der Waals surface area contributed by atoms with E-state index in [1.54, 1.807) is 29.2 Å². The molecule has 1 amide bonds. The second-order valence-corrected chi connectivity index (χ2v) is 7.81. The minimum absolute atomic E-state index is 0.0962. The average Bonchev–Trinajstić information content (AvgIpc) is 2.65. The van der Waals surface area contributed by atoms with E-state index in [9.17, 15) is 9.59 Å². The number of carbonyl (C=O) groups is 2. The maximum atomic E-state index is 12.9. The molecular formula is C20H24N4O4. The Morgan fingerprint density at radius 1 is 1.21 bits per heavy atom. The fourth-order valence-corrected chi connectivity index (χ4v) is 2.85. The summed E-state index contributed by atoms with van der Waals surface area (Å²) in [5.41, 5.74) is 7.81. The minimum Gasteiger partial charge on any atom is -0.467 e. The molecule has 2 aromatic rings. The largest absolute Gasteiger partial charge is 0.467 e. The number of esters is 1. The number of methoxy groups -OCH3 is 1. The van der Waals surface area contributed by atoms with E-state index in [1.807, 2.05) is 20.8 Å². The van der Waals surface area contributed by atoms with Crippen LogP contribution < -0.4 is 15.4 Å². The van der Waals surface area contributed by atoms with Crippen molar-refractivity contribution >= 4 is 23.4 Å². The van der Waals surface area contributed by atoms with Gasteiger partial charge in [-0.25, -0.2) is 4.79 Å². The monoisotopic (exact) mass is 384 g/mol. The lowest BCUT2D eigenvalue weighted by molar-refractivity contribution is 0.0367. The summed E-state index contributed by atoms with van der Waals surface area (Å²) in [6.45, 7) is 6.76. The Hall–Kier alpha value is -3.16. The van der Waals surface area contributed by atoms with Gasteiger partial charge in [0.15, 0.2) is 0 Å². The summed E-state index contributed by atoms with van der Waals surface area (Å²) in [6, 6.07) is 6.89. The Morgan fingerprint density at radius 2 is 1.89 bits per heavy atom. The van der Waals surface area contributed by atoms with Crippen molar-refractivity contribution in [3.63, 3.8) is 0 Å². The second kappa shape index (κ2) is 7.46. The summed E-state index contributed by atoms with van der Waals surface area (Å²) in [7, 11) is 1.45. The third-order valence-electron chi connectivity index (χ3n) is 4.26. The van der Waals surface area contributed by atoms with Crippen LogP contribution in [0.1, 0.15) is 47.2 Å². The van der Waals surface area contributed by atoms with Gasteiger partial charge < -0.3 is 20.1 Å². The van der Waals surface area contributed by atoms with E-state index in [1.165, 1.54) is 7.11 Å². The van der Waals surface area contributed by atoms with Crippen molar-refractivity contribution in [2.45, 2.75) is 27.2 Å². The van der Waals surface area contributed by atoms with Crippen LogP contribution in [0, 0.1) is 5.41 Å². The highest BCUT2D eigenvalue weighted by Gasteiger charge is 2.30. The molecule has 0 fully saturated rings. The molecular weight excluding hydrogens is 360 g/mol. The van der Waals surface area contributed by atoms with Crippen molar-refractivity contribution in [2.75, 3.05) is 30.9 Å². The van der Waals surface area contributed by atoms with Gasteiger partial charge in [0, 0.05) is 18.7 Å². The predicted molar refractivity (Wildman–Crippen MR) is 105 cm³/mol. The van der Waals surface area contributed by atoms with Gasteiger partial charge in [-0.2, -0.15) is 9.97 Å². The van der Waals surface area contributed by atoms with Crippen LogP contribution in [0.5, 0.6) is 6.01 Å². The summed E-state index contributed by atoms with van der Waals surface area (Å²) in [5, 5.41) is 0. The highest BCUT2D eigenvalue weighted by molar-refractivity contribution is 6.10. The van der Waals surface area contributed by atoms with E-state index in [-0.39, 0.29) is 29.1 Å². The zero-order valence-electron chi connectivity index (χ0n) is 16.5. The molecule has 1 aliphatic heterocycles. The maximum Gasteiger partial charge on any atom is 0.338 e. The Balaban J connectivity index is 1.78. The number of nitrogen functional groups attached to an aromatic ring is 1. The number of fused-ring (bicyclic) bond motifs is 1. The van der Waals surface area contributed by atoms with Gasteiger partial charge in [0.2, 0.25) is 0 Å². The number of hydrogen-bond donors (Lipinski definition) is 1. The standard InChI is InChI=1S/C20H24N4O4/c1-20(2,3)11-28-18(26)12-5-7-13(8-6-12)24-10-9-14-15(17(24)25)16(21)23-19(22-14)27-4/h5-8H,9-11H2,1-4H3,(H2,21,22,23). The topological polar surface area (TPSA) is 108 Å². The zero-order chi connectivity index (χ0) is 20.5. The molecule has 8 nitrogen and oxygen atoms in total. The molecule has 0 radical (unpaired) electrons. The van der Waals surface area contributed by atoms with Crippen LogP contribution in [0.25, 0.3) is 0 Å². The molecule has 28 heavy (non-hydrogen) atoms. The number of nitrogens with zero attached hydrogens (tertiary/aromatic N) is 3. The molecule has 0 atom stereocenters. The normalized spacial score (nSPS) is 13.9. The molecule has 0 unspecified atom stereocenters. The molecule has 148 valence electrons. The number of carbonyl (C=O) groups excluding carboxylic acids is 2. The first-order valence-corrected chi connectivity index (χ1v) is 8.99. The van der Waals surface area contributed by atoms with Gasteiger partial charge in [0.1, 0.15) is 11.4 Å². The molecule has 3 rings (SSSR count). The lowest BCUT2D eigenvalue weighted by Crippen LogP contribution is -2.39. The maximum absolute atomic E-state index is 12.9. The molecule has 2 heterocycles. The minimum atomic E-state index is -0.387. The van der Waals surface area contributed by atoms with Crippen LogP contribution in [-0.4, -0.2) is 42.1 Å². The highest BCUT2D eigenvalue weighted by atomic mass is 16.5. The van der Waals surface area contributed by atoms with E-state index in [0.29, 0.717) is 42.1 Å². The van der Waals surface area contributed by atoms with E-state index in [0.717, 1.165) is 0 Å². The van der Waals surface area contributed by atoms with E-state index in [2.05, 4.69) is 9.97 Å². The van der Waals surface area contributed by atoms with Crippen LogP contribution in [0.4, 0.5) is 11.5 Å². The number of ether oxygens (including phenoxy) is 2. The smallest absolute Gasteiger partial charge is 0.338 e. The first-order chi connectivity index (χ1) is 13.2. The van der Waals surface area contributed by atoms with Gasteiger partial charge in [-0.05, 0) is 29.7 Å². The van der Waals surface area contributed by atoms with Crippen LogP contribution in [0.3, 0.4) is 0 Å². The zero-order valence-corrected chi connectivity index (χ0v) is 16.5. The Labute approximate surface area is 163 Å². The number of hydrogen-bond acceptors (Lipinski definition) is 7. The first kappa shape index (κ1) is 19.6. The molecule has 0 aliphatic carbocycles. The van der Waals surface area contributed by atoms with Gasteiger partial charge in [-0.3, -0.25) is 4.79 Å². The molecule has 1 aromatic heterocycles. The van der Waals surface area contributed by atoms with Crippen LogP contribution >= 0.6 is 0 Å². The second-order valence-electron chi connectivity index (χ2n) is 7.81. The fourth-order valence-electron chi connectivity index (χ4n) is 2.85. The van der Waals surface area contributed by atoms with Crippen molar-refractivity contribution < 1.29 is 19.1 Å². The number of anilines is 2. The van der Waals surface area contributed by atoms with E-state index in [4.69, 9.17) is 15.2 Å². The van der Waals surface area contributed by atoms with E-state index >= 15 is 0 Å². The first-order valence-electron chi connectivity index (χ1n) is 8.99. The number of nitrogens with two attached hydrogens (primary N) is 1. The van der Waals surface area contributed by atoms with Crippen LogP contribution in [-0.2, 0) is 11.2 Å². The predicted octanol–water partition coefficient (Wildman–Crippen LogP) is 2.47. The summed E-state index contributed by atoms with van der Waals surface area (Å²) >= 11 is 0. The molecule has 1 aliphatic rings. The number of amides is 1. The van der Waals surface area contributed by atoms with Crippen molar-refractivity contribution in [2.24, 2.45) is 5.41 Å². The summed E-state index contributed by atoms with van der Waals surface area (Å²) in [4.78, 5) is 34.9. The highest BCUT2D eigenvalue weighted by Crippen LogP contribution is 2.28. The lowest BCUT2D eigenvalue weighted by Gasteiger charge is -2.28. The van der Waals surface area contributed by atoms with Crippen molar-refractivity contribution in [1.82, 2.24) is 9.97 Å². The third-order valence-corrected chi connectivity index (χ3v) is 4.26.